The van der Waals surface area contributed by atoms with E-state index in [0.717, 1.165) is 57.7 Å². The molecule has 4 rings (SSSR count). The Morgan fingerprint density at radius 3 is 2.87 bits per heavy atom. The third kappa shape index (κ3) is 5.65. The fourth-order valence-corrected chi connectivity index (χ4v) is 4.36. The predicted octanol–water partition coefficient (Wildman–Crippen LogP) is 2.20. The van der Waals surface area contributed by atoms with Gasteiger partial charge in [-0.2, -0.15) is 0 Å². The molecule has 2 aliphatic heterocycles. The number of fused-ring (bicyclic) bond motifs is 1. The summed E-state index contributed by atoms with van der Waals surface area (Å²) < 4.78 is 5.41. The number of ether oxygens (including phenoxy) is 1. The van der Waals surface area contributed by atoms with Crippen LogP contribution >= 0.6 is 0 Å². The van der Waals surface area contributed by atoms with Crippen molar-refractivity contribution < 1.29 is 14.6 Å². The molecule has 3 heterocycles. The van der Waals surface area contributed by atoms with Crippen LogP contribution in [0.2, 0.25) is 0 Å². The summed E-state index contributed by atoms with van der Waals surface area (Å²) in [6, 6.07) is 12.1. The first-order valence-corrected chi connectivity index (χ1v) is 11.0. The highest BCUT2D eigenvalue weighted by Crippen LogP contribution is 2.20. The van der Waals surface area contributed by atoms with Crippen LogP contribution in [0.5, 0.6) is 0 Å². The zero-order chi connectivity index (χ0) is 20.8. The van der Waals surface area contributed by atoms with Crippen LogP contribution in [0.15, 0.2) is 42.6 Å². The Labute approximate surface area is 178 Å². The van der Waals surface area contributed by atoms with Gasteiger partial charge in [-0.1, -0.05) is 24.3 Å². The van der Waals surface area contributed by atoms with E-state index >= 15 is 0 Å². The molecule has 0 saturated carbocycles. The third-order valence-corrected chi connectivity index (χ3v) is 6.09. The molecule has 0 unspecified atom stereocenters. The molecule has 1 amide bonds. The number of carbonyl (C=O) groups excluding carboxylic acids is 1. The van der Waals surface area contributed by atoms with Crippen molar-refractivity contribution in [3.63, 3.8) is 0 Å². The topological polar surface area (TPSA) is 74.7 Å². The summed E-state index contributed by atoms with van der Waals surface area (Å²) in [5.74, 6) is 0.412. The lowest BCUT2D eigenvalue weighted by atomic mass is 9.94. The van der Waals surface area contributed by atoms with Gasteiger partial charge in [0.25, 0.3) is 5.91 Å². The molecule has 30 heavy (non-hydrogen) atoms. The first-order valence-electron chi connectivity index (χ1n) is 11.0. The molecule has 1 atom stereocenters. The Balaban J connectivity index is 1.24. The van der Waals surface area contributed by atoms with Crippen LogP contribution in [0.1, 0.15) is 40.0 Å². The number of aliphatic hydroxyl groups excluding tert-OH is 1. The normalized spacial score (nSPS) is 18.6. The number of benzene rings is 1. The molecular formula is C24H31N3O3. The smallest absolute Gasteiger partial charge is 0.251 e. The van der Waals surface area contributed by atoms with Gasteiger partial charge in [-0.05, 0) is 54.9 Å². The van der Waals surface area contributed by atoms with Gasteiger partial charge >= 0.3 is 0 Å². The quantitative estimate of drug-likeness (QED) is 0.733. The highest BCUT2D eigenvalue weighted by Gasteiger charge is 2.19. The fraction of sp³-hybridized carbons (Fsp3) is 0.500. The van der Waals surface area contributed by atoms with E-state index < -0.39 is 6.10 Å². The minimum Gasteiger partial charge on any atom is -0.390 e. The van der Waals surface area contributed by atoms with Crippen LogP contribution in [-0.4, -0.2) is 59.8 Å². The molecule has 2 aliphatic rings. The van der Waals surface area contributed by atoms with Gasteiger partial charge in [0.2, 0.25) is 0 Å². The van der Waals surface area contributed by atoms with Gasteiger partial charge in [0.1, 0.15) is 0 Å². The van der Waals surface area contributed by atoms with Crippen molar-refractivity contribution in [3.05, 3.63) is 65.0 Å². The second kappa shape index (κ2) is 10.2. The molecule has 1 saturated heterocycles. The molecule has 1 fully saturated rings. The zero-order valence-electron chi connectivity index (χ0n) is 17.4. The standard InChI is InChI=1S/C24H31N3O3/c28-23(17-27-10-6-19-3-1-2-4-21(19)16-27)15-26-24(29)20-5-9-25-22(14-20)13-18-7-11-30-12-8-18/h1-5,9,14,18,23,28H,6-8,10-13,15-17H2,(H,26,29)/t23-/m1/s1. The van der Waals surface area contributed by atoms with Crippen molar-refractivity contribution in [1.29, 1.82) is 0 Å². The number of β-amino-alcohol motifs (C(OH)–C–C–N with tert-alkyl or cyclic N) is 1. The second-order valence-corrected chi connectivity index (χ2v) is 8.41. The molecule has 0 spiro atoms. The van der Waals surface area contributed by atoms with E-state index in [9.17, 15) is 9.90 Å². The number of pyridine rings is 1. The van der Waals surface area contributed by atoms with Crippen molar-refractivity contribution in [1.82, 2.24) is 15.2 Å². The summed E-state index contributed by atoms with van der Waals surface area (Å²) in [6.07, 6.45) is 5.08. The summed E-state index contributed by atoms with van der Waals surface area (Å²) in [6.45, 7) is 4.20. The largest absolute Gasteiger partial charge is 0.390 e. The van der Waals surface area contributed by atoms with Crippen molar-refractivity contribution in [3.8, 4) is 0 Å². The van der Waals surface area contributed by atoms with Crippen LogP contribution in [0.4, 0.5) is 0 Å². The number of hydrogen-bond acceptors (Lipinski definition) is 5. The second-order valence-electron chi connectivity index (χ2n) is 8.41. The molecule has 2 N–H and O–H groups in total. The number of nitrogens with zero attached hydrogens (tertiary/aromatic N) is 2. The van der Waals surface area contributed by atoms with E-state index in [1.54, 1.807) is 12.3 Å². The van der Waals surface area contributed by atoms with Crippen LogP contribution < -0.4 is 5.32 Å². The maximum atomic E-state index is 12.6. The Kier molecular flexibility index (Phi) is 7.10. The van der Waals surface area contributed by atoms with E-state index in [2.05, 4.69) is 39.5 Å². The van der Waals surface area contributed by atoms with Crippen LogP contribution in [0.3, 0.4) is 0 Å². The van der Waals surface area contributed by atoms with Crippen molar-refractivity contribution in [2.45, 2.75) is 38.3 Å². The Morgan fingerprint density at radius 2 is 2.03 bits per heavy atom. The van der Waals surface area contributed by atoms with Crippen molar-refractivity contribution in [2.75, 3.05) is 32.8 Å². The van der Waals surface area contributed by atoms with E-state index in [1.807, 2.05) is 6.07 Å². The molecule has 1 aromatic heterocycles. The number of hydrogen-bond donors (Lipinski definition) is 2. The fourth-order valence-electron chi connectivity index (χ4n) is 4.36. The molecule has 6 nitrogen and oxygen atoms in total. The SMILES string of the molecule is O=C(NC[C@@H](O)CN1CCc2ccccc2C1)c1ccnc(CC2CCOCC2)c1. The zero-order valence-corrected chi connectivity index (χ0v) is 17.4. The van der Waals surface area contributed by atoms with E-state index in [1.165, 1.54) is 11.1 Å². The molecular weight excluding hydrogens is 378 g/mol. The van der Waals surface area contributed by atoms with Gasteiger partial charge in [0.15, 0.2) is 0 Å². The highest BCUT2D eigenvalue weighted by atomic mass is 16.5. The summed E-state index contributed by atoms with van der Waals surface area (Å²) in [5.41, 5.74) is 4.27. The summed E-state index contributed by atoms with van der Waals surface area (Å²) in [5, 5.41) is 13.3. The van der Waals surface area contributed by atoms with Gasteiger partial charge in [-0.3, -0.25) is 14.7 Å². The first kappa shape index (κ1) is 21.0. The van der Waals surface area contributed by atoms with Crippen molar-refractivity contribution >= 4 is 5.91 Å². The summed E-state index contributed by atoms with van der Waals surface area (Å²) in [7, 11) is 0. The lowest BCUT2D eigenvalue weighted by Gasteiger charge is -2.30. The number of nitrogens with one attached hydrogen (secondary N) is 1. The average Bonchev–Trinajstić information content (AvgIpc) is 2.78. The Hall–Kier alpha value is -2.28. The van der Waals surface area contributed by atoms with Gasteiger partial charge in [0.05, 0.1) is 6.10 Å². The van der Waals surface area contributed by atoms with E-state index in [-0.39, 0.29) is 12.5 Å². The minimum absolute atomic E-state index is 0.159. The number of aliphatic hydroxyl groups is 1. The lowest BCUT2D eigenvalue weighted by molar-refractivity contribution is 0.0662. The van der Waals surface area contributed by atoms with Crippen molar-refractivity contribution in [2.24, 2.45) is 5.92 Å². The Morgan fingerprint density at radius 1 is 1.23 bits per heavy atom. The predicted molar refractivity (Wildman–Crippen MR) is 115 cm³/mol. The summed E-state index contributed by atoms with van der Waals surface area (Å²) in [4.78, 5) is 19.2. The lowest BCUT2D eigenvalue weighted by Crippen LogP contribution is -2.42. The number of rotatable bonds is 7. The van der Waals surface area contributed by atoms with Gasteiger partial charge < -0.3 is 15.2 Å². The molecule has 0 aliphatic carbocycles. The molecule has 2 aromatic rings. The molecule has 6 heteroatoms. The van der Waals surface area contributed by atoms with Gasteiger partial charge in [-0.25, -0.2) is 0 Å². The molecule has 0 bridgehead atoms. The van der Waals surface area contributed by atoms with Crippen LogP contribution in [0.25, 0.3) is 0 Å². The maximum absolute atomic E-state index is 12.6. The van der Waals surface area contributed by atoms with Crippen LogP contribution in [-0.2, 0) is 24.1 Å². The molecule has 0 radical (unpaired) electrons. The third-order valence-electron chi connectivity index (χ3n) is 6.09. The van der Waals surface area contributed by atoms with E-state index in [0.29, 0.717) is 18.0 Å². The summed E-state index contributed by atoms with van der Waals surface area (Å²) >= 11 is 0. The molecule has 160 valence electrons. The van der Waals surface area contributed by atoms with E-state index in [4.69, 9.17) is 4.74 Å². The maximum Gasteiger partial charge on any atom is 0.251 e. The van der Waals surface area contributed by atoms with Gasteiger partial charge in [0, 0.05) is 56.8 Å². The monoisotopic (exact) mass is 409 g/mol. The number of amides is 1. The van der Waals surface area contributed by atoms with Gasteiger partial charge in [-0.15, -0.1) is 0 Å². The molecule has 1 aromatic carbocycles. The first-order chi connectivity index (χ1) is 14.7. The number of aromatic nitrogens is 1. The highest BCUT2D eigenvalue weighted by molar-refractivity contribution is 5.94. The number of carbonyl (C=O) groups is 1. The Bertz CT molecular complexity index is 851. The van der Waals surface area contributed by atoms with Crippen LogP contribution in [0, 0.1) is 5.92 Å². The average molecular weight is 410 g/mol. The minimum atomic E-state index is -0.595.